The molecule has 1 saturated heterocycles. The summed E-state index contributed by atoms with van der Waals surface area (Å²) in [5.41, 5.74) is 1.68. The van der Waals surface area contributed by atoms with Crippen molar-refractivity contribution < 1.29 is 19.0 Å². The average Bonchev–Trinajstić information content (AvgIpc) is 3.04. The van der Waals surface area contributed by atoms with Crippen molar-refractivity contribution in [3.8, 4) is 35.3 Å². The van der Waals surface area contributed by atoms with Crippen LogP contribution in [0.4, 0.5) is 5.82 Å². The second-order valence-corrected chi connectivity index (χ2v) is 9.98. The maximum atomic E-state index is 13.2. The lowest BCUT2D eigenvalue weighted by molar-refractivity contribution is -0.130. The van der Waals surface area contributed by atoms with Gasteiger partial charge in [-0.05, 0) is 35.2 Å². The summed E-state index contributed by atoms with van der Waals surface area (Å²) in [6.45, 7) is 2.67. The number of hydrogen-bond donors (Lipinski definition) is 0. The van der Waals surface area contributed by atoms with Gasteiger partial charge in [0.2, 0.25) is 5.91 Å². The Balaban J connectivity index is 1.08. The molecule has 5 aromatic rings. The summed E-state index contributed by atoms with van der Waals surface area (Å²) < 4.78 is 17.3. The molecule has 0 bridgehead atoms. The first-order valence-electron chi connectivity index (χ1n) is 13.8. The van der Waals surface area contributed by atoms with Gasteiger partial charge in [-0.3, -0.25) is 4.79 Å². The molecule has 1 fully saturated rings. The molecule has 0 spiro atoms. The molecule has 0 saturated carbocycles. The Morgan fingerprint density at radius 2 is 1.67 bits per heavy atom. The molecule has 6 rings (SSSR count). The zero-order chi connectivity index (χ0) is 28.9. The van der Waals surface area contributed by atoms with Crippen molar-refractivity contribution in [3.63, 3.8) is 0 Å². The van der Waals surface area contributed by atoms with E-state index in [9.17, 15) is 4.79 Å². The minimum Gasteiger partial charge on any atom is -0.493 e. The number of hydrogen-bond acceptors (Lipinski definition) is 7. The summed E-state index contributed by atoms with van der Waals surface area (Å²) in [5, 5.41) is 3.05. The van der Waals surface area contributed by atoms with E-state index < -0.39 is 0 Å². The lowest BCUT2D eigenvalue weighted by Gasteiger charge is -2.36. The van der Waals surface area contributed by atoms with Crippen molar-refractivity contribution in [1.29, 1.82) is 0 Å². The molecular weight excluding hydrogens is 528 g/mol. The Morgan fingerprint density at radius 1 is 0.881 bits per heavy atom. The molecule has 1 amide bonds. The number of fused-ring (bicyclic) bond motifs is 2. The van der Waals surface area contributed by atoms with E-state index in [-0.39, 0.29) is 12.5 Å². The number of ether oxygens (including phenoxy) is 3. The van der Waals surface area contributed by atoms with Crippen LogP contribution < -0.4 is 19.1 Å². The van der Waals surface area contributed by atoms with E-state index in [0.29, 0.717) is 44.1 Å². The molecule has 2 heterocycles. The van der Waals surface area contributed by atoms with Crippen LogP contribution in [0.3, 0.4) is 0 Å². The molecule has 0 N–H and O–H groups in total. The van der Waals surface area contributed by atoms with E-state index in [4.69, 9.17) is 20.6 Å². The van der Waals surface area contributed by atoms with Crippen LogP contribution in [0.2, 0.25) is 0 Å². The van der Waals surface area contributed by atoms with E-state index in [2.05, 4.69) is 39.0 Å². The van der Waals surface area contributed by atoms with Crippen molar-refractivity contribution >= 4 is 33.4 Å². The fourth-order valence-electron chi connectivity index (χ4n) is 5.24. The summed E-state index contributed by atoms with van der Waals surface area (Å²) >= 11 is 0. The van der Waals surface area contributed by atoms with Gasteiger partial charge in [0.15, 0.2) is 11.5 Å². The third kappa shape index (κ3) is 5.63. The van der Waals surface area contributed by atoms with Crippen LogP contribution in [0.5, 0.6) is 23.0 Å². The van der Waals surface area contributed by atoms with Crippen LogP contribution in [-0.4, -0.2) is 60.7 Å². The summed E-state index contributed by atoms with van der Waals surface area (Å²) in [7, 11) is 1.59. The molecule has 8 heteroatoms. The second kappa shape index (κ2) is 12.1. The summed E-state index contributed by atoms with van der Waals surface area (Å²) in [6, 6.07) is 25.6. The number of aromatic nitrogens is 2. The number of carbonyl (C=O) groups is 1. The zero-order valence-corrected chi connectivity index (χ0v) is 23.3. The van der Waals surface area contributed by atoms with Gasteiger partial charge >= 0.3 is 0 Å². The standard InChI is InChI=1S/C34H30N4O4/c1-3-19-41-32-22-29-28(21-31(32)40-2)34(36-23-35-29)38-17-15-37(16-18-38)33(39)20-24-11-13-26(14-12-24)42-30-10-6-8-25-7-4-5-9-27(25)30/h1,4-14,21-23H,15-20H2,2H3. The van der Waals surface area contributed by atoms with Crippen molar-refractivity contribution in [2.24, 2.45) is 0 Å². The maximum absolute atomic E-state index is 13.2. The number of carbonyl (C=O) groups excluding carboxylic acids is 1. The Labute approximate surface area is 244 Å². The highest BCUT2D eigenvalue weighted by molar-refractivity contribution is 5.92. The number of terminal acetylenes is 1. The highest BCUT2D eigenvalue weighted by atomic mass is 16.5. The van der Waals surface area contributed by atoms with Crippen LogP contribution in [0.1, 0.15) is 5.56 Å². The van der Waals surface area contributed by atoms with Gasteiger partial charge < -0.3 is 24.0 Å². The van der Waals surface area contributed by atoms with Crippen LogP contribution in [0, 0.1) is 12.3 Å². The molecule has 8 nitrogen and oxygen atoms in total. The third-order valence-corrected chi connectivity index (χ3v) is 7.40. The monoisotopic (exact) mass is 558 g/mol. The Bertz CT molecular complexity index is 1770. The summed E-state index contributed by atoms with van der Waals surface area (Å²) in [5.74, 6) is 6.01. The van der Waals surface area contributed by atoms with E-state index in [0.717, 1.165) is 44.6 Å². The molecule has 4 aromatic carbocycles. The van der Waals surface area contributed by atoms with Crippen LogP contribution in [0.15, 0.2) is 85.2 Å². The van der Waals surface area contributed by atoms with Crippen molar-refractivity contribution in [2.75, 3.05) is 44.8 Å². The highest BCUT2D eigenvalue weighted by Crippen LogP contribution is 2.35. The molecule has 1 aromatic heterocycles. The van der Waals surface area contributed by atoms with E-state index in [1.807, 2.05) is 65.6 Å². The van der Waals surface area contributed by atoms with Crippen molar-refractivity contribution in [2.45, 2.75) is 6.42 Å². The molecule has 1 aliphatic heterocycles. The number of amides is 1. The van der Waals surface area contributed by atoms with Gasteiger partial charge in [-0.25, -0.2) is 9.97 Å². The molecule has 0 unspecified atom stereocenters. The molecule has 210 valence electrons. The van der Waals surface area contributed by atoms with Crippen molar-refractivity contribution in [1.82, 2.24) is 14.9 Å². The largest absolute Gasteiger partial charge is 0.493 e. The summed E-state index contributed by atoms with van der Waals surface area (Å²) in [6.07, 6.45) is 7.22. The first kappa shape index (κ1) is 26.9. The number of methoxy groups -OCH3 is 1. The Hall–Kier alpha value is -5.29. The number of benzene rings is 4. The number of nitrogens with zero attached hydrogens (tertiary/aromatic N) is 4. The van der Waals surface area contributed by atoms with Crippen molar-refractivity contribution in [3.05, 3.63) is 90.8 Å². The fourth-order valence-corrected chi connectivity index (χ4v) is 5.24. The van der Waals surface area contributed by atoms with Gasteiger partial charge in [0, 0.05) is 43.0 Å². The predicted molar refractivity (Wildman–Crippen MR) is 163 cm³/mol. The van der Waals surface area contributed by atoms with Gasteiger partial charge in [-0.15, -0.1) is 6.42 Å². The maximum Gasteiger partial charge on any atom is 0.227 e. The van der Waals surface area contributed by atoms with E-state index in [1.54, 1.807) is 13.4 Å². The molecule has 0 atom stereocenters. The fraction of sp³-hybridized carbons (Fsp3) is 0.206. The smallest absolute Gasteiger partial charge is 0.227 e. The molecule has 42 heavy (non-hydrogen) atoms. The van der Waals surface area contributed by atoms with Gasteiger partial charge in [-0.1, -0.05) is 54.5 Å². The molecular formula is C34H30N4O4. The number of rotatable bonds is 8. The second-order valence-electron chi connectivity index (χ2n) is 9.98. The van der Waals surface area contributed by atoms with Crippen LogP contribution >= 0.6 is 0 Å². The Kier molecular flexibility index (Phi) is 7.73. The van der Waals surface area contributed by atoms with Gasteiger partial charge in [0.1, 0.15) is 30.3 Å². The number of anilines is 1. The third-order valence-electron chi connectivity index (χ3n) is 7.40. The van der Waals surface area contributed by atoms with Gasteiger partial charge in [0.05, 0.1) is 19.0 Å². The quantitative estimate of drug-likeness (QED) is 0.233. The average molecular weight is 559 g/mol. The summed E-state index contributed by atoms with van der Waals surface area (Å²) in [4.78, 5) is 26.2. The van der Waals surface area contributed by atoms with Gasteiger partial charge in [0.25, 0.3) is 0 Å². The minimum atomic E-state index is 0.0990. The first-order valence-corrected chi connectivity index (χ1v) is 13.8. The Morgan fingerprint density at radius 3 is 2.45 bits per heavy atom. The zero-order valence-electron chi connectivity index (χ0n) is 23.3. The van der Waals surface area contributed by atoms with E-state index in [1.165, 1.54) is 0 Å². The normalized spacial score (nSPS) is 13.1. The molecule has 1 aliphatic rings. The number of piperazine rings is 1. The molecule has 0 radical (unpaired) electrons. The molecule has 0 aliphatic carbocycles. The van der Waals surface area contributed by atoms with Gasteiger partial charge in [-0.2, -0.15) is 0 Å². The minimum absolute atomic E-state index is 0.0990. The highest BCUT2D eigenvalue weighted by Gasteiger charge is 2.24. The lowest BCUT2D eigenvalue weighted by atomic mass is 10.1. The SMILES string of the molecule is C#CCOc1cc2ncnc(N3CCN(C(=O)Cc4ccc(Oc5cccc6ccccc56)cc4)CC3)c2cc1OC. The van der Waals surface area contributed by atoms with E-state index >= 15 is 0 Å². The van der Waals surface area contributed by atoms with Crippen LogP contribution in [-0.2, 0) is 11.2 Å². The van der Waals surface area contributed by atoms with Crippen LogP contribution in [0.25, 0.3) is 21.7 Å². The predicted octanol–water partition coefficient (Wildman–Crippen LogP) is 5.49. The lowest BCUT2D eigenvalue weighted by Crippen LogP contribution is -2.49. The first-order chi connectivity index (χ1) is 20.6. The topological polar surface area (TPSA) is 77.0 Å².